The second-order valence-corrected chi connectivity index (χ2v) is 7.27. The summed E-state index contributed by atoms with van der Waals surface area (Å²) >= 11 is 0. The number of aliphatic hydroxyl groups is 2. The van der Waals surface area contributed by atoms with Crippen LogP contribution < -0.4 is 0 Å². The highest BCUT2D eigenvalue weighted by atomic mass is 31.2. The molecule has 3 atom stereocenters. The first-order chi connectivity index (χ1) is 7.38. The highest BCUT2D eigenvalue weighted by Gasteiger charge is 2.33. The van der Waals surface area contributed by atoms with E-state index in [-0.39, 0.29) is 6.29 Å². The average molecular weight is 249 g/mol. The van der Waals surface area contributed by atoms with E-state index >= 15 is 0 Å². The zero-order valence-corrected chi connectivity index (χ0v) is 10.9. The van der Waals surface area contributed by atoms with Gasteiger partial charge in [-0.1, -0.05) is 0 Å². The first-order valence-electron chi connectivity index (χ1n) is 5.30. The molecule has 0 fully saturated rings. The van der Waals surface area contributed by atoms with E-state index in [0.29, 0.717) is 12.3 Å². The molecule has 1 aliphatic heterocycles. The van der Waals surface area contributed by atoms with Crippen molar-refractivity contribution in [3.05, 3.63) is 11.8 Å². The molecule has 0 aromatic rings. The van der Waals surface area contributed by atoms with Gasteiger partial charge in [0, 0.05) is 6.16 Å². The van der Waals surface area contributed by atoms with Gasteiger partial charge < -0.3 is 19.5 Å². The summed E-state index contributed by atoms with van der Waals surface area (Å²) in [6, 6.07) is 0. The Kier molecular flexibility index (Phi) is 4.56. The Bertz CT molecular complexity index is 306. The molecule has 94 valence electrons. The van der Waals surface area contributed by atoms with Crippen molar-refractivity contribution in [2.24, 2.45) is 0 Å². The largest absolute Gasteiger partial charge is 0.501 e. The van der Waals surface area contributed by atoms with Gasteiger partial charge in [-0.3, -0.25) is 0 Å². The van der Waals surface area contributed by atoms with Crippen molar-refractivity contribution < 1.29 is 19.5 Å². The lowest BCUT2D eigenvalue weighted by Gasteiger charge is -2.30. The summed E-state index contributed by atoms with van der Waals surface area (Å²) in [4.78, 5) is 1.42. The molecule has 0 aromatic heterocycles. The molecule has 0 bridgehead atoms. The van der Waals surface area contributed by atoms with Gasteiger partial charge in [0.2, 0.25) is 0 Å². The maximum absolute atomic E-state index is 12.4. The summed E-state index contributed by atoms with van der Waals surface area (Å²) in [6.07, 6.45) is 1.31. The second kappa shape index (κ2) is 5.32. The van der Waals surface area contributed by atoms with Crippen LogP contribution in [-0.2, 0) is 9.30 Å². The van der Waals surface area contributed by atoms with Gasteiger partial charge in [0.25, 0.3) is 0 Å². The number of methoxy groups -OCH3 is 1. The minimum absolute atomic E-state index is 0.214. The first kappa shape index (κ1) is 13.7. The highest BCUT2D eigenvalue weighted by molar-refractivity contribution is 7.64. The van der Waals surface area contributed by atoms with Gasteiger partial charge in [-0.2, -0.15) is 0 Å². The molecule has 3 unspecified atom stereocenters. The van der Waals surface area contributed by atoms with Crippen molar-refractivity contribution in [2.75, 3.05) is 25.7 Å². The molecule has 0 amide bonds. The topological polar surface area (TPSA) is 70.0 Å². The Morgan fingerprint density at radius 1 is 1.50 bits per heavy atom. The molecular formula is C10H20NO4P. The molecule has 16 heavy (non-hydrogen) atoms. The van der Waals surface area contributed by atoms with Crippen LogP contribution in [0.15, 0.2) is 11.8 Å². The van der Waals surface area contributed by atoms with Gasteiger partial charge >= 0.3 is 0 Å². The molecule has 1 heterocycles. The predicted octanol–water partition coefficient (Wildman–Crippen LogP) is 0.829. The van der Waals surface area contributed by atoms with Crippen molar-refractivity contribution in [1.29, 1.82) is 0 Å². The summed E-state index contributed by atoms with van der Waals surface area (Å²) in [5.41, 5.74) is 0. The number of aliphatic hydroxyl groups excluding tert-OH is 2. The van der Waals surface area contributed by atoms with E-state index in [1.54, 1.807) is 21.0 Å². The van der Waals surface area contributed by atoms with Crippen LogP contribution in [0.25, 0.3) is 0 Å². The van der Waals surface area contributed by atoms with E-state index in [4.69, 9.17) is 4.74 Å². The molecule has 5 nitrogen and oxygen atoms in total. The Morgan fingerprint density at radius 3 is 2.44 bits per heavy atom. The summed E-state index contributed by atoms with van der Waals surface area (Å²) < 4.78 is 17.5. The van der Waals surface area contributed by atoms with Gasteiger partial charge in [0.15, 0.2) is 0 Å². The van der Waals surface area contributed by atoms with Crippen LogP contribution in [-0.4, -0.2) is 53.3 Å². The SMILES string of the molecule is COC1=CCP(=O)(CN(C(C)O)C(C)O)C1. The summed E-state index contributed by atoms with van der Waals surface area (Å²) in [5.74, 6) is 0.736. The van der Waals surface area contributed by atoms with E-state index in [9.17, 15) is 14.8 Å². The minimum atomic E-state index is -2.42. The lowest BCUT2D eigenvalue weighted by Crippen LogP contribution is -2.40. The number of nitrogens with zero attached hydrogens (tertiary/aromatic N) is 1. The molecule has 6 heteroatoms. The third-order valence-corrected chi connectivity index (χ3v) is 5.32. The van der Waals surface area contributed by atoms with Crippen molar-refractivity contribution in [1.82, 2.24) is 4.90 Å². The first-order valence-corrected chi connectivity index (χ1v) is 7.56. The number of ether oxygens (including phenoxy) is 1. The molecule has 1 rings (SSSR count). The van der Waals surface area contributed by atoms with Crippen LogP contribution in [0.1, 0.15) is 13.8 Å². The van der Waals surface area contributed by atoms with Crippen molar-refractivity contribution >= 4 is 7.14 Å². The van der Waals surface area contributed by atoms with Crippen molar-refractivity contribution in [3.8, 4) is 0 Å². The van der Waals surface area contributed by atoms with Gasteiger partial charge in [0.1, 0.15) is 19.6 Å². The molecule has 0 aliphatic carbocycles. The fourth-order valence-electron chi connectivity index (χ4n) is 1.78. The number of hydrogen-bond acceptors (Lipinski definition) is 5. The molecule has 2 N–H and O–H groups in total. The maximum Gasteiger partial charge on any atom is 0.112 e. The normalized spacial score (nSPS) is 29.0. The molecule has 1 aliphatic rings. The predicted molar refractivity (Wildman–Crippen MR) is 62.5 cm³/mol. The van der Waals surface area contributed by atoms with Crippen LogP contribution >= 0.6 is 7.14 Å². The van der Waals surface area contributed by atoms with Crippen LogP contribution in [0.4, 0.5) is 0 Å². The molecule has 0 aromatic carbocycles. The van der Waals surface area contributed by atoms with E-state index in [0.717, 1.165) is 5.76 Å². The van der Waals surface area contributed by atoms with Crippen LogP contribution in [0.5, 0.6) is 0 Å². The minimum Gasteiger partial charge on any atom is -0.501 e. The molecule has 0 spiro atoms. The van der Waals surface area contributed by atoms with E-state index < -0.39 is 19.6 Å². The lowest BCUT2D eigenvalue weighted by atomic mass is 10.5. The third kappa shape index (κ3) is 3.32. The smallest absolute Gasteiger partial charge is 0.112 e. The molecule has 0 saturated carbocycles. The molecule has 0 radical (unpaired) electrons. The zero-order chi connectivity index (χ0) is 12.3. The summed E-state index contributed by atoms with van der Waals surface area (Å²) in [7, 11) is -0.860. The lowest BCUT2D eigenvalue weighted by molar-refractivity contribution is -0.0726. The van der Waals surface area contributed by atoms with E-state index in [2.05, 4.69) is 0 Å². The Labute approximate surface area is 96.1 Å². The Balaban J connectivity index is 2.64. The Morgan fingerprint density at radius 2 is 2.06 bits per heavy atom. The zero-order valence-electron chi connectivity index (χ0n) is 9.96. The fourth-order valence-corrected chi connectivity index (χ4v) is 4.56. The van der Waals surface area contributed by atoms with Crippen LogP contribution in [0.2, 0.25) is 0 Å². The van der Waals surface area contributed by atoms with E-state index in [1.807, 2.05) is 6.08 Å². The summed E-state index contributed by atoms with van der Waals surface area (Å²) in [6.45, 7) is 3.11. The maximum atomic E-state index is 12.4. The fraction of sp³-hybridized carbons (Fsp3) is 0.800. The van der Waals surface area contributed by atoms with Crippen molar-refractivity contribution in [3.63, 3.8) is 0 Å². The highest BCUT2D eigenvalue weighted by Crippen LogP contribution is 2.52. The summed E-state index contributed by atoms with van der Waals surface area (Å²) in [5, 5.41) is 19.0. The number of hydrogen-bond donors (Lipinski definition) is 2. The Hall–Kier alpha value is -0.350. The standard InChI is InChI=1S/C10H20NO4P/c1-8(12)11(9(2)13)7-16(14)5-4-10(6-16)15-3/h4,8-9,12-13H,5-7H2,1-3H3. The van der Waals surface area contributed by atoms with Crippen LogP contribution in [0, 0.1) is 0 Å². The third-order valence-electron chi connectivity index (χ3n) is 2.74. The quantitative estimate of drug-likeness (QED) is 0.558. The molecular weight excluding hydrogens is 229 g/mol. The van der Waals surface area contributed by atoms with Gasteiger partial charge in [-0.25, -0.2) is 4.90 Å². The van der Waals surface area contributed by atoms with Gasteiger partial charge in [0.05, 0.1) is 25.3 Å². The average Bonchev–Trinajstić information content (AvgIpc) is 2.56. The number of allylic oxidation sites excluding steroid dienone is 2. The van der Waals surface area contributed by atoms with Gasteiger partial charge in [-0.05, 0) is 19.9 Å². The van der Waals surface area contributed by atoms with Crippen molar-refractivity contribution in [2.45, 2.75) is 26.3 Å². The van der Waals surface area contributed by atoms with Gasteiger partial charge in [-0.15, -0.1) is 0 Å². The number of rotatable bonds is 5. The van der Waals surface area contributed by atoms with E-state index in [1.165, 1.54) is 4.90 Å². The monoisotopic (exact) mass is 249 g/mol. The van der Waals surface area contributed by atoms with Crippen LogP contribution in [0.3, 0.4) is 0 Å². The molecule has 0 saturated heterocycles. The second-order valence-electron chi connectivity index (χ2n) is 4.19.